The summed E-state index contributed by atoms with van der Waals surface area (Å²) in [6.07, 6.45) is -0.473. The third-order valence-corrected chi connectivity index (χ3v) is 2.22. The summed E-state index contributed by atoms with van der Waals surface area (Å²) in [5, 5.41) is 7.78. The summed E-state index contributed by atoms with van der Waals surface area (Å²) in [7, 11) is 1.23. The van der Waals surface area contributed by atoms with E-state index in [2.05, 4.69) is 20.6 Å². The van der Waals surface area contributed by atoms with Gasteiger partial charge in [-0.2, -0.15) is 4.39 Å². The average Bonchev–Trinajstić information content (AvgIpc) is 2.80. The van der Waals surface area contributed by atoms with E-state index in [1.165, 1.54) is 19.2 Å². The first-order valence-electron chi connectivity index (χ1n) is 4.61. The molecule has 1 aliphatic rings. The quantitative estimate of drug-likeness (QED) is 0.808. The average molecular weight is 242 g/mol. The van der Waals surface area contributed by atoms with Crippen LogP contribution < -0.4 is 15.2 Å². The Morgan fingerprint density at radius 1 is 1.47 bits per heavy atom. The molecule has 0 aliphatic carbocycles. The van der Waals surface area contributed by atoms with E-state index in [1.54, 1.807) is 0 Å². The van der Waals surface area contributed by atoms with Crippen molar-refractivity contribution in [3.05, 3.63) is 23.8 Å². The molecule has 1 atom stereocenters. The standard InChI is InChI=1S/C9H8F2N4O2/c1-17-6-3-2-5(8(10)9(6)11)15-7(4-16)12-13-14-15/h2-4,7H,1H3,(H,12,14). The van der Waals surface area contributed by atoms with Gasteiger partial charge in [-0.25, -0.2) is 9.40 Å². The first kappa shape index (κ1) is 11.2. The van der Waals surface area contributed by atoms with E-state index in [0.717, 1.165) is 5.01 Å². The summed E-state index contributed by atoms with van der Waals surface area (Å²) in [6, 6.07) is 2.49. The largest absolute Gasteiger partial charge is 0.494 e. The van der Waals surface area contributed by atoms with Gasteiger partial charge in [0.05, 0.1) is 7.11 Å². The highest BCUT2D eigenvalue weighted by atomic mass is 19.2. The Labute approximate surface area is 94.8 Å². The van der Waals surface area contributed by atoms with Crippen LogP contribution in [0, 0.1) is 11.6 Å². The van der Waals surface area contributed by atoms with Crippen LogP contribution in [0.25, 0.3) is 0 Å². The zero-order valence-electron chi connectivity index (χ0n) is 8.72. The fraction of sp³-hybridized carbons (Fsp3) is 0.222. The third kappa shape index (κ3) is 1.77. The molecule has 0 spiro atoms. The number of carbonyl (C=O) groups excluding carboxylic acids is 1. The summed E-state index contributed by atoms with van der Waals surface area (Å²) in [4.78, 5) is 10.6. The minimum atomic E-state index is -1.15. The van der Waals surface area contributed by atoms with Gasteiger partial charge in [-0.3, -0.25) is 10.2 Å². The maximum atomic E-state index is 13.7. The lowest BCUT2D eigenvalue weighted by atomic mass is 10.2. The van der Waals surface area contributed by atoms with Crippen LogP contribution in [-0.4, -0.2) is 19.6 Å². The van der Waals surface area contributed by atoms with E-state index in [1.807, 2.05) is 0 Å². The monoisotopic (exact) mass is 242 g/mol. The molecule has 0 fully saturated rings. The van der Waals surface area contributed by atoms with Crippen LogP contribution in [0.15, 0.2) is 22.6 Å². The highest BCUT2D eigenvalue weighted by Crippen LogP contribution is 2.30. The number of carbonyl (C=O) groups is 1. The van der Waals surface area contributed by atoms with Gasteiger partial charge >= 0.3 is 0 Å². The topological polar surface area (TPSA) is 66.3 Å². The number of hydrogen-bond donors (Lipinski definition) is 1. The van der Waals surface area contributed by atoms with Gasteiger partial charge < -0.3 is 4.74 Å². The molecule has 8 heteroatoms. The number of rotatable bonds is 3. The van der Waals surface area contributed by atoms with E-state index in [0.29, 0.717) is 6.29 Å². The number of anilines is 1. The Balaban J connectivity index is 2.43. The van der Waals surface area contributed by atoms with Gasteiger partial charge in [-0.05, 0) is 17.4 Å². The summed E-state index contributed by atoms with van der Waals surface area (Å²) < 4.78 is 31.7. The second-order valence-corrected chi connectivity index (χ2v) is 3.16. The first-order chi connectivity index (χ1) is 8.19. The van der Waals surface area contributed by atoms with Crippen LogP contribution in [0.5, 0.6) is 5.75 Å². The molecule has 1 unspecified atom stereocenters. The van der Waals surface area contributed by atoms with Crippen molar-refractivity contribution in [3.63, 3.8) is 0 Å². The first-order valence-corrected chi connectivity index (χ1v) is 4.61. The van der Waals surface area contributed by atoms with Gasteiger partial charge in [-0.15, -0.1) is 0 Å². The predicted octanol–water partition coefficient (Wildman–Crippen LogP) is 1.19. The fourth-order valence-electron chi connectivity index (χ4n) is 1.39. The number of hydrogen-bond acceptors (Lipinski definition) is 6. The number of ether oxygens (including phenoxy) is 1. The van der Waals surface area contributed by atoms with Crippen molar-refractivity contribution >= 4 is 12.0 Å². The molecule has 1 aliphatic heterocycles. The lowest BCUT2D eigenvalue weighted by Gasteiger charge is -2.17. The van der Waals surface area contributed by atoms with E-state index in [-0.39, 0.29) is 11.4 Å². The molecule has 0 radical (unpaired) electrons. The maximum absolute atomic E-state index is 13.7. The van der Waals surface area contributed by atoms with Crippen LogP contribution in [0.3, 0.4) is 0 Å². The minimum Gasteiger partial charge on any atom is -0.494 e. The molecule has 1 aromatic rings. The Kier molecular flexibility index (Phi) is 2.86. The van der Waals surface area contributed by atoms with Crippen LogP contribution in [-0.2, 0) is 4.79 Å². The molecule has 0 bridgehead atoms. The molecule has 0 saturated heterocycles. The number of benzene rings is 1. The SMILES string of the molecule is COc1ccc(N2N=NNC2C=O)c(F)c1F. The van der Waals surface area contributed by atoms with Gasteiger partial charge in [0, 0.05) is 0 Å². The molecule has 1 N–H and O–H groups in total. The van der Waals surface area contributed by atoms with E-state index in [9.17, 15) is 13.6 Å². The molecule has 0 aromatic heterocycles. The molecule has 0 amide bonds. The Hall–Kier alpha value is -2.25. The Bertz CT molecular complexity index is 480. The van der Waals surface area contributed by atoms with Crippen LogP contribution in [0.2, 0.25) is 0 Å². The second kappa shape index (κ2) is 4.32. The van der Waals surface area contributed by atoms with Crippen molar-refractivity contribution in [3.8, 4) is 5.75 Å². The third-order valence-electron chi connectivity index (χ3n) is 2.22. The molecular formula is C9H8F2N4O2. The summed E-state index contributed by atoms with van der Waals surface area (Å²) in [5.74, 6) is -2.52. The molecule has 0 saturated carbocycles. The Morgan fingerprint density at radius 3 is 2.88 bits per heavy atom. The number of nitrogens with zero attached hydrogens (tertiary/aromatic N) is 3. The van der Waals surface area contributed by atoms with Gasteiger partial charge in [0.25, 0.3) is 0 Å². The second-order valence-electron chi connectivity index (χ2n) is 3.16. The van der Waals surface area contributed by atoms with Crippen molar-refractivity contribution in [1.29, 1.82) is 0 Å². The number of nitrogens with one attached hydrogen (secondary N) is 1. The van der Waals surface area contributed by atoms with Gasteiger partial charge in [0.15, 0.2) is 24.0 Å². The highest BCUT2D eigenvalue weighted by molar-refractivity contribution is 5.66. The zero-order chi connectivity index (χ0) is 12.4. The molecule has 1 heterocycles. The maximum Gasteiger partial charge on any atom is 0.202 e. The van der Waals surface area contributed by atoms with Crippen molar-refractivity contribution in [2.75, 3.05) is 12.1 Å². The molecule has 90 valence electrons. The van der Waals surface area contributed by atoms with Crippen molar-refractivity contribution < 1.29 is 18.3 Å². The lowest BCUT2D eigenvalue weighted by Crippen LogP contribution is -2.37. The summed E-state index contributed by atoms with van der Waals surface area (Å²) in [6.45, 7) is 0. The number of methoxy groups -OCH3 is 1. The smallest absolute Gasteiger partial charge is 0.202 e. The lowest BCUT2D eigenvalue weighted by molar-refractivity contribution is -0.109. The van der Waals surface area contributed by atoms with Gasteiger partial charge in [0.2, 0.25) is 5.82 Å². The fourth-order valence-corrected chi connectivity index (χ4v) is 1.39. The van der Waals surface area contributed by atoms with E-state index in [4.69, 9.17) is 0 Å². The van der Waals surface area contributed by atoms with E-state index < -0.39 is 17.8 Å². The normalized spacial score (nSPS) is 18.1. The molecular weight excluding hydrogens is 234 g/mol. The van der Waals surface area contributed by atoms with Crippen LogP contribution >= 0.6 is 0 Å². The summed E-state index contributed by atoms with van der Waals surface area (Å²) in [5.41, 5.74) is 2.13. The Morgan fingerprint density at radius 2 is 2.24 bits per heavy atom. The summed E-state index contributed by atoms with van der Waals surface area (Å²) >= 11 is 0. The van der Waals surface area contributed by atoms with Crippen molar-refractivity contribution in [2.45, 2.75) is 6.17 Å². The zero-order valence-corrected chi connectivity index (χ0v) is 8.72. The van der Waals surface area contributed by atoms with Crippen LogP contribution in [0.1, 0.15) is 0 Å². The van der Waals surface area contributed by atoms with Crippen LogP contribution in [0.4, 0.5) is 14.5 Å². The molecule has 17 heavy (non-hydrogen) atoms. The van der Waals surface area contributed by atoms with Gasteiger partial charge in [0.1, 0.15) is 5.69 Å². The molecule has 1 aromatic carbocycles. The number of aldehydes is 1. The van der Waals surface area contributed by atoms with Crippen molar-refractivity contribution in [1.82, 2.24) is 5.43 Å². The van der Waals surface area contributed by atoms with E-state index >= 15 is 0 Å². The van der Waals surface area contributed by atoms with Gasteiger partial charge in [-0.1, -0.05) is 5.22 Å². The predicted molar refractivity (Wildman–Crippen MR) is 53.2 cm³/mol. The molecule has 6 nitrogen and oxygen atoms in total. The van der Waals surface area contributed by atoms with Crippen molar-refractivity contribution in [2.24, 2.45) is 10.4 Å². The number of halogens is 2. The highest BCUT2D eigenvalue weighted by Gasteiger charge is 2.27. The minimum absolute atomic E-state index is 0.200. The molecule has 2 rings (SSSR count).